The molecule has 3 atom stereocenters. The van der Waals surface area contributed by atoms with E-state index in [-0.39, 0.29) is 0 Å². The molecular formula is C17H33N. The molecule has 0 heterocycles. The van der Waals surface area contributed by atoms with E-state index in [1.165, 1.54) is 57.8 Å². The van der Waals surface area contributed by atoms with Gasteiger partial charge in [0.05, 0.1) is 0 Å². The van der Waals surface area contributed by atoms with Gasteiger partial charge in [-0.05, 0) is 50.0 Å². The van der Waals surface area contributed by atoms with Crippen molar-refractivity contribution >= 4 is 0 Å². The molecular weight excluding hydrogens is 218 g/mol. The normalized spacial score (nSPS) is 36.5. The fraction of sp³-hybridized carbons (Fsp3) is 1.00. The monoisotopic (exact) mass is 251 g/mol. The Kier molecular flexibility index (Phi) is 5.54. The molecule has 0 amide bonds. The average Bonchev–Trinajstić information content (AvgIpc) is 2.40. The molecule has 0 saturated heterocycles. The van der Waals surface area contributed by atoms with Gasteiger partial charge in [-0.15, -0.1) is 0 Å². The summed E-state index contributed by atoms with van der Waals surface area (Å²) in [6, 6.07) is 0.790. The Morgan fingerprint density at radius 1 is 0.889 bits per heavy atom. The maximum Gasteiger partial charge on any atom is 0.00951 e. The molecule has 2 aliphatic rings. The fourth-order valence-electron chi connectivity index (χ4n) is 4.59. The van der Waals surface area contributed by atoms with Crippen LogP contribution in [-0.2, 0) is 0 Å². The smallest absolute Gasteiger partial charge is 0.00951 e. The maximum absolute atomic E-state index is 3.66. The average molecular weight is 251 g/mol. The molecule has 1 nitrogen and oxygen atoms in total. The van der Waals surface area contributed by atoms with Gasteiger partial charge in [-0.1, -0.05) is 52.4 Å². The SMILES string of the molecule is CNC(CC1C(C)CCCC1C)C1CCCCC1. The molecule has 2 aliphatic carbocycles. The first-order valence-corrected chi connectivity index (χ1v) is 8.39. The van der Waals surface area contributed by atoms with Crippen molar-refractivity contribution in [2.75, 3.05) is 7.05 Å². The van der Waals surface area contributed by atoms with Crippen molar-refractivity contribution < 1.29 is 0 Å². The highest BCUT2D eigenvalue weighted by molar-refractivity contribution is 4.85. The molecule has 0 spiro atoms. The van der Waals surface area contributed by atoms with E-state index in [2.05, 4.69) is 26.2 Å². The van der Waals surface area contributed by atoms with Crippen LogP contribution in [0.3, 0.4) is 0 Å². The Morgan fingerprint density at radius 3 is 2.06 bits per heavy atom. The molecule has 1 heteroatoms. The summed E-state index contributed by atoms with van der Waals surface area (Å²) >= 11 is 0. The Labute approximate surface area is 114 Å². The molecule has 1 N–H and O–H groups in total. The van der Waals surface area contributed by atoms with Gasteiger partial charge in [0.15, 0.2) is 0 Å². The van der Waals surface area contributed by atoms with E-state index in [1.807, 2.05) is 0 Å². The summed E-state index contributed by atoms with van der Waals surface area (Å²) in [4.78, 5) is 0. The first-order chi connectivity index (χ1) is 8.72. The Hall–Kier alpha value is -0.0400. The summed E-state index contributed by atoms with van der Waals surface area (Å²) < 4.78 is 0. The van der Waals surface area contributed by atoms with Gasteiger partial charge >= 0.3 is 0 Å². The van der Waals surface area contributed by atoms with E-state index in [0.29, 0.717) is 0 Å². The number of hydrogen-bond acceptors (Lipinski definition) is 1. The quantitative estimate of drug-likeness (QED) is 0.769. The van der Waals surface area contributed by atoms with Gasteiger partial charge in [0.1, 0.15) is 0 Å². The first kappa shape index (κ1) is 14.4. The molecule has 2 fully saturated rings. The summed E-state index contributed by atoms with van der Waals surface area (Å²) in [7, 11) is 2.19. The second-order valence-corrected chi connectivity index (χ2v) is 7.08. The highest BCUT2D eigenvalue weighted by Gasteiger charge is 2.32. The third-order valence-corrected chi connectivity index (χ3v) is 5.90. The van der Waals surface area contributed by atoms with Gasteiger partial charge in [-0.3, -0.25) is 0 Å². The number of rotatable bonds is 4. The maximum atomic E-state index is 3.66. The lowest BCUT2D eigenvalue weighted by molar-refractivity contribution is 0.131. The van der Waals surface area contributed by atoms with E-state index in [1.54, 1.807) is 0 Å². The van der Waals surface area contributed by atoms with Crippen LogP contribution in [0, 0.1) is 23.7 Å². The van der Waals surface area contributed by atoms with Gasteiger partial charge in [-0.25, -0.2) is 0 Å². The van der Waals surface area contributed by atoms with E-state index in [9.17, 15) is 0 Å². The molecule has 18 heavy (non-hydrogen) atoms. The number of nitrogens with one attached hydrogen (secondary N) is 1. The van der Waals surface area contributed by atoms with Gasteiger partial charge < -0.3 is 5.32 Å². The predicted molar refractivity (Wildman–Crippen MR) is 79.7 cm³/mol. The lowest BCUT2D eigenvalue weighted by Gasteiger charge is -2.39. The number of hydrogen-bond donors (Lipinski definition) is 1. The van der Waals surface area contributed by atoms with Crippen molar-refractivity contribution in [3.63, 3.8) is 0 Å². The van der Waals surface area contributed by atoms with Crippen molar-refractivity contribution in [1.29, 1.82) is 0 Å². The molecule has 106 valence electrons. The Balaban J connectivity index is 1.91. The van der Waals surface area contributed by atoms with E-state index in [0.717, 1.165) is 29.7 Å². The van der Waals surface area contributed by atoms with Crippen molar-refractivity contribution in [3.8, 4) is 0 Å². The Bertz CT molecular complexity index is 222. The van der Waals surface area contributed by atoms with Crippen LogP contribution in [0.2, 0.25) is 0 Å². The van der Waals surface area contributed by atoms with Crippen LogP contribution in [0.1, 0.15) is 71.6 Å². The van der Waals surface area contributed by atoms with Crippen LogP contribution in [0.4, 0.5) is 0 Å². The summed E-state index contributed by atoms with van der Waals surface area (Å²) in [6.07, 6.45) is 13.2. The molecule has 0 aliphatic heterocycles. The van der Waals surface area contributed by atoms with E-state index in [4.69, 9.17) is 0 Å². The Morgan fingerprint density at radius 2 is 1.50 bits per heavy atom. The lowest BCUT2D eigenvalue weighted by Crippen LogP contribution is -2.39. The summed E-state index contributed by atoms with van der Waals surface area (Å²) in [5.74, 6) is 3.84. The topological polar surface area (TPSA) is 12.0 Å². The lowest BCUT2D eigenvalue weighted by atomic mass is 9.69. The van der Waals surface area contributed by atoms with Crippen LogP contribution in [0.15, 0.2) is 0 Å². The second kappa shape index (κ2) is 6.93. The minimum atomic E-state index is 0.790. The molecule has 0 aromatic carbocycles. The summed E-state index contributed by atoms with van der Waals surface area (Å²) in [5, 5.41) is 3.66. The van der Waals surface area contributed by atoms with Crippen LogP contribution >= 0.6 is 0 Å². The molecule has 3 unspecified atom stereocenters. The van der Waals surface area contributed by atoms with Gasteiger partial charge in [0.2, 0.25) is 0 Å². The molecule has 0 aromatic rings. The van der Waals surface area contributed by atoms with Crippen molar-refractivity contribution in [2.45, 2.75) is 77.7 Å². The minimum Gasteiger partial charge on any atom is -0.317 e. The first-order valence-electron chi connectivity index (χ1n) is 8.39. The van der Waals surface area contributed by atoms with Gasteiger partial charge in [-0.2, -0.15) is 0 Å². The zero-order valence-electron chi connectivity index (χ0n) is 12.8. The minimum absolute atomic E-state index is 0.790. The van der Waals surface area contributed by atoms with Gasteiger partial charge in [0, 0.05) is 6.04 Å². The van der Waals surface area contributed by atoms with Crippen molar-refractivity contribution in [3.05, 3.63) is 0 Å². The highest BCUT2D eigenvalue weighted by Crippen LogP contribution is 2.39. The van der Waals surface area contributed by atoms with Crippen molar-refractivity contribution in [2.24, 2.45) is 23.7 Å². The predicted octanol–water partition coefficient (Wildman–Crippen LogP) is 4.62. The zero-order chi connectivity index (χ0) is 13.0. The fourth-order valence-corrected chi connectivity index (χ4v) is 4.59. The summed E-state index contributed by atoms with van der Waals surface area (Å²) in [5.41, 5.74) is 0. The molecule has 0 radical (unpaired) electrons. The van der Waals surface area contributed by atoms with E-state index < -0.39 is 0 Å². The molecule has 0 bridgehead atoms. The summed E-state index contributed by atoms with van der Waals surface area (Å²) in [6.45, 7) is 4.99. The van der Waals surface area contributed by atoms with Crippen LogP contribution in [0.25, 0.3) is 0 Å². The molecule has 0 aromatic heterocycles. The largest absolute Gasteiger partial charge is 0.317 e. The zero-order valence-corrected chi connectivity index (χ0v) is 12.8. The standard InChI is InChI=1S/C17H33N/c1-13-8-7-9-14(2)16(13)12-17(18-3)15-10-5-4-6-11-15/h13-18H,4-12H2,1-3H3. The van der Waals surface area contributed by atoms with E-state index >= 15 is 0 Å². The third-order valence-electron chi connectivity index (χ3n) is 5.90. The van der Waals surface area contributed by atoms with Gasteiger partial charge in [0.25, 0.3) is 0 Å². The van der Waals surface area contributed by atoms with Crippen LogP contribution < -0.4 is 5.32 Å². The molecule has 2 saturated carbocycles. The van der Waals surface area contributed by atoms with Crippen LogP contribution in [0.5, 0.6) is 0 Å². The van der Waals surface area contributed by atoms with Crippen LogP contribution in [-0.4, -0.2) is 13.1 Å². The second-order valence-electron chi connectivity index (χ2n) is 7.08. The molecule has 2 rings (SSSR count). The highest BCUT2D eigenvalue weighted by atomic mass is 14.9. The third kappa shape index (κ3) is 3.50. The van der Waals surface area contributed by atoms with Crippen molar-refractivity contribution in [1.82, 2.24) is 5.32 Å².